The summed E-state index contributed by atoms with van der Waals surface area (Å²) in [6.07, 6.45) is 7.01. The van der Waals surface area contributed by atoms with E-state index in [2.05, 4.69) is 24.1 Å². The zero-order valence-electron chi connectivity index (χ0n) is 11.0. The van der Waals surface area contributed by atoms with Gasteiger partial charge in [0.1, 0.15) is 0 Å². The second-order valence-electron chi connectivity index (χ2n) is 6.00. The van der Waals surface area contributed by atoms with Crippen molar-refractivity contribution in [3.8, 4) is 0 Å². The molecule has 0 aromatic rings. The lowest BCUT2D eigenvalue weighted by atomic mass is 10.0. The summed E-state index contributed by atoms with van der Waals surface area (Å²) in [6, 6.07) is 0.825. The Morgan fingerprint density at radius 2 is 1.88 bits per heavy atom. The molecule has 2 fully saturated rings. The third kappa shape index (κ3) is 3.46. The molecule has 0 aliphatic carbocycles. The Labute approximate surface area is 101 Å². The molecule has 0 aromatic heterocycles. The second kappa shape index (κ2) is 6.02. The van der Waals surface area contributed by atoms with E-state index in [1.807, 2.05) is 0 Å². The van der Waals surface area contributed by atoms with Gasteiger partial charge in [0.15, 0.2) is 0 Å². The first kappa shape index (κ1) is 12.4. The van der Waals surface area contributed by atoms with Crippen LogP contribution in [0.2, 0.25) is 0 Å². The largest absolute Gasteiger partial charge is 0.314 e. The van der Waals surface area contributed by atoms with Crippen LogP contribution in [0.25, 0.3) is 0 Å². The minimum absolute atomic E-state index is 0.825. The first-order valence-corrected chi connectivity index (χ1v) is 7.21. The average Bonchev–Trinajstić information content (AvgIpc) is 2.60. The molecule has 94 valence electrons. The maximum atomic E-state index is 3.64. The highest BCUT2D eigenvalue weighted by atomic mass is 15.1. The zero-order valence-corrected chi connectivity index (χ0v) is 11.0. The SMILES string of the molecule is CC1CN(CCCC2CCCCN2)CC1C. The molecule has 2 aliphatic rings. The van der Waals surface area contributed by atoms with Gasteiger partial charge in [-0.2, -0.15) is 0 Å². The van der Waals surface area contributed by atoms with Crippen LogP contribution < -0.4 is 5.32 Å². The van der Waals surface area contributed by atoms with Gasteiger partial charge in [-0.15, -0.1) is 0 Å². The Morgan fingerprint density at radius 3 is 2.50 bits per heavy atom. The van der Waals surface area contributed by atoms with Crippen LogP contribution in [0.15, 0.2) is 0 Å². The van der Waals surface area contributed by atoms with E-state index in [1.165, 1.54) is 58.3 Å². The van der Waals surface area contributed by atoms with Crippen molar-refractivity contribution in [2.24, 2.45) is 11.8 Å². The molecule has 0 aromatic carbocycles. The van der Waals surface area contributed by atoms with Crippen molar-refractivity contribution in [3.05, 3.63) is 0 Å². The number of nitrogens with one attached hydrogen (secondary N) is 1. The molecule has 3 unspecified atom stereocenters. The van der Waals surface area contributed by atoms with Gasteiger partial charge in [-0.1, -0.05) is 20.3 Å². The van der Waals surface area contributed by atoms with Crippen molar-refractivity contribution >= 4 is 0 Å². The summed E-state index contributed by atoms with van der Waals surface area (Å²) in [5, 5.41) is 3.64. The van der Waals surface area contributed by atoms with E-state index in [1.54, 1.807) is 0 Å². The Morgan fingerprint density at radius 1 is 1.12 bits per heavy atom. The van der Waals surface area contributed by atoms with Crippen LogP contribution in [0, 0.1) is 11.8 Å². The van der Waals surface area contributed by atoms with Crippen LogP contribution in [0.1, 0.15) is 46.0 Å². The van der Waals surface area contributed by atoms with Crippen molar-refractivity contribution in [1.29, 1.82) is 0 Å². The molecule has 2 nitrogen and oxygen atoms in total. The van der Waals surface area contributed by atoms with Crippen LogP contribution in [0.3, 0.4) is 0 Å². The fourth-order valence-corrected chi connectivity index (χ4v) is 3.16. The van der Waals surface area contributed by atoms with Crippen molar-refractivity contribution in [1.82, 2.24) is 10.2 Å². The first-order valence-electron chi connectivity index (χ1n) is 7.21. The van der Waals surface area contributed by atoms with Crippen molar-refractivity contribution < 1.29 is 0 Å². The number of nitrogens with zero attached hydrogens (tertiary/aromatic N) is 1. The number of piperidine rings is 1. The number of likely N-dealkylation sites (tertiary alicyclic amines) is 1. The number of hydrogen-bond donors (Lipinski definition) is 1. The van der Waals surface area contributed by atoms with E-state index in [4.69, 9.17) is 0 Å². The smallest absolute Gasteiger partial charge is 0.00675 e. The quantitative estimate of drug-likeness (QED) is 0.789. The Kier molecular flexibility index (Phi) is 4.66. The van der Waals surface area contributed by atoms with Crippen molar-refractivity contribution in [3.63, 3.8) is 0 Å². The number of rotatable bonds is 4. The minimum atomic E-state index is 0.825. The van der Waals surface area contributed by atoms with Crippen LogP contribution in [-0.4, -0.2) is 37.1 Å². The van der Waals surface area contributed by atoms with Crippen molar-refractivity contribution in [2.45, 2.75) is 52.0 Å². The highest BCUT2D eigenvalue weighted by Gasteiger charge is 2.25. The predicted octanol–water partition coefficient (Wildman–Crippen LogP) is 2.50. The molecule has 0 spiro atoms. The molecule has 2 heterocycles. The highest BCUT2D eigenvalue weighted by Crippen LogP contribution is 2.22. The van der Waals surface area contributed by atoms with E-state index >= 15 is 0 Å². The molecule has 2 aliphatic heterocycles. The summed E-state index contributed by atoms with van der Waals surface area (Å²) in [5.41, 5.74) is 0. The molecular weight excluding hydrogens is 196 g/mol. The van der Waals surface area contributed by atoms with Crippen LogP contribution in [-0.2, 0) is 0 Å². The third-order valence-corrected chi connectivity index (χ3v) is 4.50. The molecular formula is C14H28N2. The zero-order chi connectivity index (χ0) is 11.4. The molecule has 0 radical (unpaired) electrons. The summed E-state index contributed by atoms with van der Waals surface area (Å²) in [6.45, 7) is 10.0. The normalized spacial score (nSPS) is 36.8. The van der Waals surface area contributed by atoms with Gasteiger partial charge in [-0.3, -0.25) is 0 Å². The lowest BCUT2D eigenvalue weighted by Crippen LogP contribution is -2.34. The van der Waals surface area contributed by atoms with Gasteiger partial charge in [0.25, 0.3) is 0 Å². The Balaban J connectivity index is 1.57. The molecule has 3 atom stereocenters. The van der Waals surface area contributed by atoms with Gasteiger partial charge < -0.3 is 10.2 Å². The molecule has 0 saturated carbocycles. The summed E-state index contributed by atoms with van der Waals surface area (Å²) in [5.74, 6) is 1.82. The Hall–Kier alpha value is -0.0800. The van der Waals surface area contributed by atoms with E-state index in [-0.39, 0.29) is 0 Å². The Bertz CT molecular complexity index is 189. The van der Waals surface area contributed by atoms with E-state index in [0.717, 1.165) is 17.9 Å². The minimum Gasteiger partial charge on any atom is -0.314 e. The molecule has 1 N–H and O–H groups in total. The fraction of sp³-hybridized carbons (Fsp3) is 1.00. The van der Waals surface area contributed by atoms with Crippen LogP contribution in [0.4, 0.5) is 0 Å². The summed E-state index contributed by atoms with van der Waals surface area (Å²) >= 11 is 0. The number of hydrogen-bond acceptors (Lipinski definition) is 2. The highest BCUT2D eigenvalue weighted by molar-refractivity contribution is 4.79. The van der Waals surface area contributed by atoms with Gasteiger partial charge in [-0.25, -0.2) is 0 Å². The maximum Gasteiger partial charge on any atom is 0.00675 e. The monoisotopic (exact) mass is 224 g/mol. The first-order chi connectivity index (χ1) is 7.75. The molecule has 16 heavy (non-hydrogen) atoms. The average molecular weight is 224 g/mol. The van der Waals surface area contributed by atoms with Gasteiger partial charge in [-0.05, 0) is 50.6 Å². The lowest BCUT2D eigenvalue weighted by Gasteiger charge is -2.24. The van der Waals surface area contributed by atoms with Crippen LogP contribution in [0.5, 0.6) is 0 Å². The van der Waals surface area contributed by atoms with E-state index in [9.17, 15) is 0 Å². The predicted molar refractivity (Wildman–Crippen MR) is 69.6 cm³/mol. The maximum absolute atomic E-state index is 3.64. The molecule has 2 saturated heterocycles. The van der Waals surface area contributed by atoms with Gasteiger partial charge >= 0.3 is 0 Å². The van der Waals surface area contributed by atoms with Crippen LogP contribution >= 0.6 is 0 Å². The fourth-order valence-electron chi connectivity index (χ4n) is 3.16. The second-order valence-corrected chi connectivity index (χ2v) is 6.00. The molecule has 2 rings (SSSR count). The molecule has 0 bridgehead atoms. The topological polar surface area (TPSA) is 15.3 Å². The van der Waals surface area contributed by atoms with Crippen molar-refractivity contribution in [2.75, 3.05) is 26.2 Å². The molecule has 0 amide bonds. The van der Waals surface area contributed by atoms with E-state index in [0.29, 0.717) is 0 Å². The van der Waals surface area contributed by atoms with E-state index < -0.39 is 0 Å². The standard InChI is InChI=1S/C14H28N2/c1-12-10-16(11-13(12)2)9-5-7-14-6-3-4-8-15-14/h12-15H,3-11H2,1-2H3. The third-order valence-electron chi connectivity index (χ3n) is 4.50. The van der Waals surface area contributed by atoms with Gasteiger partial charge in [0, 0.05) is 19.1 Å². The summed E-state index contributed by atoms with van der Waals surface area (Å²) in [4.78, 5) is 2.66. The summed E-state index contributed by atoms with van der Waals surface area (Å²) < 4.78 is 0. The lowest BCUT2D eigenvalue weighted by molar-refractivity contribution is 0.295. The molecule has 2 heteroatoms. The van der Waals surface area contributed by atoms with Gasteiger partial charge in [0.05, 0.1) is 0 Å². The summed E-state index contributed by atoms with van der Waals surface area (Å²) in [7, 11) is 0. The van der Waals surface area contributed by atoms with Gasteiger partial charge in [0.2, 0.25) is 0 Å².